The molecule has 31 heavy (non-hydrogen) atoms. The molecular formula is C23H24N4O4. The highest BCUT2D eigenvalue weighted by molar-refractivity contribution is 5.97. The Morgan fingerprint density at radius 2 is 1.61 bits per heavy atom. The van der Waals surface area contributed by atoms with Crippen molar-refractivity contribution in [3.8, 4) is 23.1 Å². The quantitative estimate of drug-likeness (QED) is 0.606. The smallest absolute Gasteiger partial charge is 0.257 e. The molecule has 0 N–H and O–H groups in total. The van der Waals surface area contributed by atoms with E-state index >= 15 is 0 Å². The maximum Gasteiger partial charge on any atom is 0.257 e. The number of rotatable bonds is 6. The number of amides is 1. The predicted octanol–water partition coefficient (Wildman–Crippen LogP) is 3.25. The van der Waals surface area contributed by atoms with Gasteiger partial charge in [0.1, 0.15) is 17.2 Å². The topological polar surface area (TPSA) is 77.0 Å². The molecule has 0 atom stereocenters. The van der Waals surface area contributed by atoms with Crippen LogP contribution in [0, 0.1) is 0 Å². The van der Waals surface area contributed by atoms with Gasteiger partial charge in [0.15, 0.2) is 5.82 Å². The van der Waals surface area contributed by atoms with E-state index < -0.39 is 0 Å². The first-order valence-electron chi connectivity index (χ1n) is 10.0. The van der Waals surface area contributed by atoms with Crippen LogP contribution in [0.5, 0.6) is 23.1 Å². The van der Waals surface area contributed by atoms with Crippen molar-refractivity contribution in [2.45, 2.75) is 0 Å². The lowest BCUT2D eigenvalue weighted by Crippen LogP contribution is -2.49. The number of aromatic nitrogens is 2. The SMILES string of the molecule is COc1ccc(C(=O)N2CCN(c3ccc(Oc4ccccc4)nn3)CC2)c(OC)c1. The molecule has 2 heterocycles. The fraction of sp³-hybridized carbons (Fsp3) is 0.261. The first-order valence-corrected chi connectivity index (χ1v) is 10.0. The Hall–Kier alpha value is -3.81. The van der Waals surface area contributed by atoms with Gasteiger partial charge in [-0.2, -0.15) is 0 Å². The molecule has 4 rings (SSSR count). The third-order valence-corrected chi connectivity index (χ3v) is 5.12. The van der Waals surface area contributed by atoms with Crippen molar-refractivity contribution in [2.24, 2.45) is 0 Å². The standard InChI is InChI=1S/C23H24N4O4/c1-29-18-8-9-19(20(16-18)30-2)23(28)27-14-12-26(13-15-27)21-10-11-22(25-24-21)31-17-6-4-3-5-7-17/h3-11,16H,12-15H2,1-2H3. The minimum Gasteiger partial charge on any atom is -0.497 e. The number of anilines is 1. The first-order chi connectivity index (χ1) is 15.2. The van der Waals surface area contributed by atoms with Crippen LogP contribution in [0.25, 0.3) is 0 Å². The van der Waals surface area contributed by atoms with E-state index in [0.717, 1.165) is 5.82 Å². The summed E-state index contributed by atoms with van der Waals surface area (Å²) >= 11 is 0. The predicted molar refractivity (Wildman–Crippen MR) is 116 cm³/mol. The zero-order chi connectivity index (χ0) is 21.6. The molecule has 0 unspecified atom stereocenters. The van der Waals surface area contributed by atoms with Crippen molar-refractivity contribution in [3.63, 3.8) is 0 Å². The minimum atomic E-state index is -0.0585. The summed E-state index contributed by atoms with van der Waals surface area (Å²) in [6, 6.07) is 18.4. The lowest BCUT2D eigenvalue weighted by atomic mass is 10.1. The zero-order valence-corrected chi connectivity index (χ0v) is 17.5. The van der Waals surface area contributed by atoms with Crippen LogP contribution in [0.4, 0.5) is 5.82 Å². The summed E-state index contributed by atoms with van der Waals surface area (Å²) in [5.41, 5.74) is 0.527. The molecule has 1 aliphatic heterocycles. The number of hydrogen-bond donors (Lipinski definition) is 0. The molecule has 8 heteroatoms. The summed E-state index contributed by atoms with van der Waals surface area (Å²) < 4.78 is 16.3. The highest BCUT2D eigenvalue weighted by Gasteiger charge is 2.25. The Bertz CT molecular complexity index is 1020. The first kappa shape index (κ1) is 20.5. The Morgan fingerprint density at radius 3 is 2.26 bits per heavy atom. The van der Waals surface area contributed by atoms with E-state index in [4.69, 9.17) is 14.2 Å². The number of carbonyl (C=O) groups excluding carboxylic acids is 1. The van der Waals surface area contributed by atoms with Crippen molar-refractivity contribution in [3.05, 3.63) is 66.2 Å². The van der Waals surface area contributed by atoms with Crippen molar-refractivity contribution in [1.29, 1.82) is 0 Å². The third kappa shape index (κ3) is 4.69. The molecule has 1 aromatic heterocycles. The van der Waals surface area contributed by atoms with E-state index in [1.165, 1.54) is 0 Å². The molecule has 0 spiro atoms. The van der Waals surface area contributed by atoms with E-state index in [1.807, 2.05) is 41.3 Å². The molecule has 0 radical (unpaired) electrons. The average Bonchev–Trinajstić information content (AvgIpc) is 2.84. The van der Waals surface area contributed by atoms with Gasteiger partial charge < -0.3 is 24.0 Å². The summed E-state index contributed by atoms with van der Waals surface area (Å²) in [5, 5.41) is 8.45. The van der Waals surface area contributed by atoms with Gasteiger partial charge in [-0.05, 0) is 30.3 Å². The van der Waals surface area contributed by atoms with Crippen LogP contribution in [-0.4, -0.2) is 61.4 Å². The number of piperazine rings is 1. The molecule has 1 fully saturated rings. The highest BCUT2D eigenvalue weighted by atomic mass is 16.5. The van der Waals surface area contributed by atoms with E-state index in [0.29, 0.717) is 54.9 Å². The molecule has 2 aromatic carbocycles. The van der Waals surface area contributed by atoms with Crippen molar-refractivity contribution in [1.82, 2.24) is 15.1 Å². The molecule has 3 aromatic rings. The number of hydrogen-bond acceptors (Lipinski definition) is 7. The number of para-hydroxylation sites is 1. The number of carbonyl (C=O) groups is 1. The molecule has 0 saturated carbocycles. The summed E-state index contributed by atoms with van der Waals surface area (Å²) in [6.45, 7) is 2.49. The summed E-state index contributed by atoms with van der Waals surface area (Å²) in [4.78, 5) is 16.9. The van der Waals surface area contributed by atoms with E-state index in [-0.39, 0.29) is 5.91 Å². The van der Waals surface area contributed by atoms with Gasteiger partial charge in [-0.1, -0.05) is 18.2 Å². The number of nitrogens with zero attached hydrogens (tertiary/aromatic N) is 4. The fourth-order valence-electron chi connectivity index (χ4n) is 3.43. The van der Waals surface area contributed by atoms with E-state index in [2.05, 4.69) is 15.1 Å². The Balaban J connectivity index is 1.37. The van der Waals surface area contributed by atoms with Crippen molar-refractivity contribution >= 4 is 11.7 Å². The number of ether oxygens (including phenoxy) is 3. The van der Waals surface area contributed by atoms with Gasteiger partial charge in [-0.25, -0.2) is 0 Å². The van der Waals surface area contributed by atoms with Crippen molar-refractivity contribution < 1.29 is 19.0 Å². The second-order valence-electron chi connectivity index (χ2n) is 6.99. The van der Waals surface area contributed by atoms with E-state index in [9.17, 15) is 4.79 Å². The molecule has 1 aliphatic rings. The third-order valence-electron chi connectivity index (χ3n) is 5.12. The summed E-state index contributed by atoms with van der Waals surface area (Å²) in [6.07, 6.45) is 0. The second-order valence-corrected chi connectivity index (χ2v) is 6.99. The van der Waals surface area contributed by atoms with Crippen LogP contribution in [-0.2, 0) is 0 Å². The molecule has 0 aliphatic carbocycles. The number of methoxy groups -OCH3 is 2. The summed E-state index contributed by atoms with van der Waals surface area (Å²) in [7, 11) is 3.13. The Kier molecular flexibility index (Phi) is 6.16. The molecule has 8 nitrogen and oxygen atoms in total. The van der Waals surface area contributed by atoms with Gasteiger partial charge in [-0.15, -0.1) is 10.2 Å². The maximum absolute atomic E-state index is 13.0. The van der Waals surface area contributed by atoms with Gasteiger partial charge in [0.2, 0.25) is 5.88 Å². The van der Waals surface area contributed by atoms with Crippen LogP contribution in [0.3, 0.4) is 0 Å². The van der Waals surface area contributed by atoms with Gasteiger partial charge in [0.25, 0.3) is 5.91 Å². The largest absolute Gasteiger partial charge is 0.497 e. The highest BCUT2D eigenvalue weighted by Crippen LogP contribution is 2.26. The molecular weight excluding hydrogens is 396 g/mol. The van der Waals surface area contributed by atoms with Gasteiger partial charge >= 0.3 is 0 Å². The van der Waals surface area contributed by atoms with Crippen LogP contribution in [0.15, 0.2) is 60.7 Å². The molecule has 160 valence electrons. The lowest BCUT2D eigenvalue weighted by molar-refractivity contribution is 0.0743. The van der Waals surface area contributed by atoms with Crippen LogP contribution in [0.2, 0.25) is 0 Å². The summed E-state index contributed by atoms with van der Waals surface area (Å²) in [5.74, 6) is 3.01. The van der Waals surface area contributed by atoms with Crippen LogP contribution < -0.4 is 19.1 Å². The van der Waals surface area contributed by atoms with Crippen molar-refractivity contribution in [2.75, 3.05) is 45.3 Å². The zero-order valence-electron chi connectivity index (χ0n) is 17.5. The monoisotopic (exact) mass is 420 g/mol. The van der Waals surface area contributed by atoms with Gasteiger partial charge in [0, 0.05) is 38.3 Å². The lowest BCUT2D eigenvalue weighted by Gasteiger charge is -2.35. The molecule has 1 amide bonds. The normalized spacial score (nSPS) is 13.6. The van der Waals surface area contributed by atoms with Crippen LogP contribution >= 0.6 is 0 Å². The van der Waals surface area contributed by atoms with Gasteiger partial charge in [-0.3, -0.25) is 4.79 Å². The fourth-order valence-corrected chi connectivity index (χ4v) is 3.43. The van der Waals surface area contributed by atoms with E-state index in [1.54, 1.807) is 38.5 Å². The van der Waals surface area contributed by atoms with Crippen LogP contribution in [0.1, 0.15) is 10.4 Å². The number of benzene rings is 2. The Labute approximate surface area is 181 Å². The molecule has 0 bridgehead atoms. The Morgan fingerprint density at radius 1 is 0.839 bits per heavy atom. The maximum atomic E-state index is 13.0. The average molecular weight is 420 g/mol. The second kappa shape index (κ2) is 9.34. The van der Waals surface area contributed by atoms with Gasteiger partial charge in [0.05, 0.1) is 19.8 Å². The molecule has 1 saturated heterocycles. The minimum absolute atomic E-state index is 0.0585.